The summed E-state index contributed by atoms with van der Waals surface area (Å²) in [7, 11) is 1.62. The first kappa shape index (κ1) is 19.1. The number of aromatic nitrogens is 3. The lowest BCUT2D eigenvalue weighted by Crippen LogP contribution is -2.28. The summed E-state index contributed by atoms with van der Waals surface area (Å²) in [6, 6.07) is 7.50. The Morgan fingerprint density at radius 2 is 2.17 bits per heavy atom. The van der Waals surface area contributed by atoms with Crippen LogP contribution in [0.4, 0.5) is 5.13 Å². The smallest absolute Gasteiger partial charge is 0.270 e. The van der Waals surface area contributed by atoms with E-state index in [9.17, 15) is 4.79 Å². The van der Waals surface area contributed by atoms with Crippen LogP contribution in [0.3, 0.4) is 0 Å². The van der Waals surface area contributed by atoms with E-state index in [-0.39, 0.29) is 5.91 Å². The normalized spacial score (nSPS) is 15.7. The topological polar surface area (TPSA) is 90.6 Å². The van der Waals surface area contributed by atoms with Gasteiger partial charge in [0.05, 0.1) is 24.2 Å². The molecule has 0 bridgehead atoms. The van der Waals surface area contributed by atoms with E-state index in [0.29, 0.717) is 11.6 Å². The lowest BCUT2D eigenvalue weighted by Gasteiger charge is -2.07. The summed E-state index contributed by atoms with van der Waals surface area (Å²) < 4.78 is 7.03. The van der Waals surface area contributed by atoms with Gasteiger partial charge in [-0.15, -0.1) is 11.3 Å². The van der Waals surface area contributed by atoms with Gasteiger partial charge in [-0.1, -0.05) is 5.16 Å². The maximum absolute atomic E-state index is 12.6. The Kier molecular flexibility index (Phi) is 5.30. The van der Waals surface area contributed by atoms with Crippen molar-refractivity contribution in [1.29, 1.82) is 0 Å². The Hall–Kier alpha value is -3.20. The number of thiazole rings is 1. The number of benzene rings is 1. The maximum Gasteiger partial charge on any atom is 0.270 e. The highest BCUT2D eigenvalue weighted by atomic mass is 32.1. The summed E-state index contributed by atoms with van der Waals surface area (Å²) in [5, 5.41) is 13.8. The molecule has 1 atom stereocenters. The standard InChI is InChI=1S/C20H21N5O3S/c1-4-25-10-15(12(2)23-25)17-11-29-20(21-17)22-19(26)18-9-16(24-28-18)13-5-7-14(27-3)8-6-13/h5-8,10-11,18H,4,9H2,1-3H3,(H,21,22,26). The summed E-state index contributed by atoms with van der Waals surface area (Å²) >= 11 is 1.37. The van der Waals surface area contributed by atoms with Crippen molar-refractivity contribution in [3.63, 3.8) is 0 Å². The van der Waals surface area contributed by atoms with E-state index in [4.69, 9.17) is 9.57 Å². The summed E-state index contributed by atoms with van der Waals surface area (Å²) in [5.74, 6) is 0.501. The molecule has 1 N–H and O–H groups in total. The van der Waals surface area contributed by atoms with Gasteiger partial charge in [0.1, 0.15) is 5.75 Å². The Balaban J connectivity index is 1.39. The summed E-state index contributed by atoms with van der Waals surface area (Å²) in [4.78, 5) is 22.4. The minimum absolute atomic E-state index is 0.265. The second-order valence-corrected chi connectivity index (χ2v) is 7.43. The number of nitrogens with zero attached hydrogens (tertiary/aromatic N) is 4. The molecule has 29 heavy (non-hydrogen) atoms. The van der Waals surface area contributed by atoms with Gasteiger partial charge in [-0.25, -0.2) is 4.98 Å². The van der Waals surface area contributed by atoms with Crippen molar-refractivity contribution < 1.29 is 14.4 Å². The summed E-state index contributed by atoms with van der Waals surface area (Å²) in [5.41, 5.74) is 4.30. The van der Waals surface area contributed by atoms with Gasteiger partial charge in [0.25, 0.3) is 5.91 Å². The summed E-state index contributed by atoms with van der Waals surface area (Å²) in [6.45, 7) is 4.78. The van der Waals surface area contributed by atoms with Gasteiger partial charge in [0, 0.05) is 30.1 Å². The molecular formula is C20H21N5O3S. The van der Waals surface area contributed by atoms with Crippen LogP contribution in [0.2, 0.25) is 0 Å². The first-order valence-electron chi connectivity index (χ1n) is 9.25. The molecule has 1 aromatic carbocycles. The fraction of sp³-hybridized carbons (Fsp3) is 0.300. The molecule has 1 aliphatic heterocycles. The number of carbonyl (C=O) groups is 1. The third-order valence-corrected chi connectivity index (χ3v) is 5.42. The van der Waals surface area contributed by atoms with Crippen LogP contribution >= 0.6 is 11.3 Å². The fourth-order valence-electron chi connectivity index (χ4n) is 3.04. The van der Waals surface area contributed by atoms with Crippen LogP contribution in [0.25, 0.3) is 11.3 Å². The number of aryl methyl sites for hydroxylation is 2. The molecule has 2 aromatic heterocycles. The van der Waals surface area contributed by atoms with Crippen molar-refractivity contribution in [2.24, 2.45) is 5.16 Å². The van der Waals surface area contributed by atoms with Crippen LogP contribution in [-0.2, 0) is 16.2 Å². The van der Waals surface area contributed by atoms with Crippen molar-refractivity contribution in [1.82, 2.24) is 14.8 Å². The molecule has 4 rings (SSSR count). The molecule has 8 nitrogen and oxygen atoms in total. The van der Waals surface area contributed by atoms with E-state index < -0.39 is 6.10 Å². The number of hydrogen-bond donors (Lipinski definition) is 1. The lowest BCUT2D eigenvalue weighted by molar-refractivity contribution is -0.125. The Labute approximate surface area is 172 Å². The number of methoxy groups -OCH3 is 1. The van der Waals surface area contributed by atoms with Gasteiger partial charge in [-0.3, -0.25) is 14.8 Å². The molecule has 0 radical (unpaired) electrons. The number of hydrogen-bond acceptors (Lipinski definition) is 7. The number of carbonyl (C=O) groups excluding carboxylic acids is 1. The van der Waals surface area contributed by atoms with Crippen molar-refractivity contribution >= 4 is 28.1 Å². The van der Waals surface area contributed by atoms with Crippen molar-refractivity contribution in [2.45, 2.75) is 32.9 Å². The van der Waals surface area contributed by atoms with E-state index in [1.807, 2.05) is 54.4 Å². The SMILES string of the molecule is CCn1cc(-c2csc(NC(=O)C3CC(c4ccc(OC)cc4)=NO3)n2)c(C)n1. The molecule has 0 spiro atoms. The number of amides is 1. The highest BCUT2D eigenvalue weighted by Gasteiger charge is 2.29. The van der Waals surface area contributed by atoms with Crippen molar-refractivity contribution in [3.8, 4) is 17.0 Å². The molecule has 1 amide bonds. The predicted octanol–water partition coefficient (Wildman–Crippen LogP) is 3.48. The summed E-state index contributed by atoms with van der Waals surface area (Å²) in [6.07, 6.45) is 1.69. The average molecular weight is 411 g/mol. The molecule has 1 unspecified atom stereocenters. The monoisotopic (exact) mass is 411 g/mol. The molecular weight excluding hydrogens is 390 g/mol. The van der Waals surface area contributed by atoms with Crippen LogP contribution < -0.4 is 10.1 Å². The minimum atomic E-state index is -0.677. The average Bonchev–Trinajstić information content (AvgIpc) is 3.47. The number of oxime groups is 1. The van der Waals surface area contributed by atoms with Crippen LogP contribution in [0.15, 0.2) is 41.0 Å². The van der Waals surface area contributed by atoms with E-state index in [0.717, 1.165) is 40.5 Å². The Morgan fingerprint density at radius 1 is 1.38 bits per heavy atom. The second-order valence-electron chi connectivity index (χ2n) is 6.58. The zero-order chi connectivity index (χ0) is 20.4. The molecule has 150 valence electrons. The number of nitrogens with one attached hydrogen (secondary N) is 1. The fourth-order valence-corrected chi connectivity index (χ4v) is 3.76. The molecule has 0 fully saturated rings. The van der Waals surface area contributed by atoms with Gasteiger partial charge >= 0.3 is 0 Å². The van der Waals surface area contributed by atoms with Gasteiger partial charge in [0.2, 0.25) is 6.10 Å². The highest BCUT2D eigenvalue weighted by Crippen LogP contribution is 2.28. The molecule has 0 saturated carbocycles. The Bertz CT molecular complexity index is 1050. The van der Waals surface area contributed by atoms with E-state index in [2.05, 4.69) is 20.6 Å². The highest BCUT2D eigenvalue weighted by molar-refractivity contribution is 7.14. The third kappa shape index (κ3) is 4.00. The minimum Gasteiger partial charge on any atom is -0.497 e. The van der Waals surface area contributed by atoms with Crippen molar-refractivity contribution in [2.75, 3.05) is 12.4 Å². The van der Waals surface area contributed by atoms with Gasteiger partial charge in [-0.2, -0.15) is 5.10 Å². The molecule has 0 saturated heterocycles. The molecule has 9 heteroatoms. The van der Waals surface area contributed by atoms with E-state index in [1.54, 1.807) is 7.11 Å². The first-order chi connectivity index (χ1) is 14.1. The van der Waals surface area contributed by atoms with Gasteiger partial charge in [0.15, 0.2) is 5.13 Å². The molecule has 3 aromatic rings. The maximum atomic E-state index is 12.6. The number of anilines is 1. The molecule has 1 aliphatic rings. The van der Waals surface area contributed by atoms with Crippen molar-refractivity contribution in [3.05, 3.63) is 47.1 Å². The van der Waals surface area contributed by atoms with Crippen LogP contribution in [0.1, 0.15) is 24.6 Å². The first-order valence-corrected chi connectivity index (χ1v) is 10.1. The molecule has 3 heterocycles. The predicted molar refractivity (Wildman–Crippen MR) is 111 cm³/mol. The second kappa shape index (κ2) is 8.04. The van der Waals surface area contributed by atoms with E-state index >= 15 is 0 Å². The van der Waals surface area contributed by atoms with Crippen LogP contribution in [0.5, 0.6) is 5.75 Å². The quantitative estimate of drug-likeness (QED) is 0.671. The zero-order valence-electron chi connectivity index (χ0n) is 16.4. The van der Waals surface area contributed by atoms with E-state index in [1.165, 1.54) is 11.3 Å². The lowest BCUT2D eigenvalue weighted by atomic mass is 10.0. The molecule has 0 aliphatic carbocycles. The zero-order valence-corrected chi connectivity index (χ0v) is 17.2. The Morgan fingerprint density at radius 3 is 2.86 bits per heavy atom. The van der Waals surface area contributed by atoms with Crippen LogP contribution in [-0.4, -0.2) is 39.6 Å². The number of rotatable bonds is 6. The number of ether oxygens (including phenoxy) is 1. The third-order valence-electron chi connectivity index (χ3n) is 4.67. The van der Waals surface area contributed by atoms with Gasteiger partial charge < -0.3 is 9.57 Å². The largest absolute Gasteiger partial charge is 0.497 e. The van der Waals surface area contributed by atoms with Gasteiger partial charge in [-0.05, 0) is 43.7 Å². The van der Waals surface area contributed by atoms with Crippen LogP contribution in [0, 0.1) is 6.92 Å².